The predicted molar refractivity (Wildman–Crippen MR) is 123 cm³/mol. The van der Waals surface area contributed by atoms with Gasteiger partial charge in [0, 0.05) is 37.0 Å². The van der Waals surface area contributed by atoms with Crippen LogP contribution in [0.2, 0.25) is 0 Å². The fourth-order valence-corrected chi connectivity index (χ4v) is 1.99. The fourth-order valence-electron chi connectivity index (χ4n) is 1.99. The first-order valence-electron chi connectivity index (χ1n) is 9.65. The summed E-state index contributed by atoms with van der Waals surface area (Å²) in [6.07, 6.45) is 3.69. The summed E-state index contributed by atoms with van der Waals surface area (Å²) in [5.74, 6) is -3.04. The number of rotatable bonds is 13. The summed E-state index contributed by atoms with van der Waals surface area (Å²) in [4.78, 5) is 45.3. The molecule has 0 aliphatic rings. The topological polar surface area (TPSA) is 117 Å². The van der Waals surface area contributed by atoms with Crippen molar-refractivity contribution in [3.8, 4) is 0 Å². The second-order valence-electron chi connectivity index (χ2n) is 6.36. The highest BCUT2D eigenvalue weighted by Gasteiger charge is 2.37. The van der Waals surface area contributed by atoms with Gasteiger partial charge in [0.15, 0.2) is 0 Å². The number of hydrogen-bond donors (Lipinski definition) is 1. The molecule has 0 spiro atoms. The van der Waals surface area contributed by atoms with E-state index in [0.717, 1.165) is 30.0 Å². The van der Waals surface area contributed by atoms with Crippen LogP contribution < -0.4 is 5.32 Å². The van der Waals surface area contributed by atoms with Crippen molar-refractivity contribution in [2.75, 3.05) is 38.8 Å². The van der Waals surface area contributed by atoms with E-state index >= 15 is 0 Å². The van der Waals surface area contributed by atoms with Crippen LogP contribution in [0.4, 0.5) is 5.69 Å². The van der Waals surface area contributed by atoms with Crippen LogP contribution in [0, 0.1) is 5.41 Å². The lowest BCUT2D eigenvalue weighted by molar-refractivity contribution is -0.164. The summed E-state index contributed by atoms with van der Waals surface area (Å²) >= 11 is 0. The molecule has 178 valence electrons. The Morgan fingerprint density at radius 2 is 1.00 bits per heavy atom. The van der Waals surface area contributed by atoms with E-state index < -0.39 is 29.3 Å². The van der Waals surface area contributed by atoms with E-state index in [0.29, 0.717) is 0 Å². The van der Waals surface area contributed by atoms with Crippen LogP contribution in [0.1, 0.15) is 0 Å². The molecule has 0 amide bonds. The lowest BCUT2D eigenvalue weighted by Crippen LogP contribution is -2.43. The van der Waals surface area contributed by atoms with Gasteiger partial charge >= 0.3 is 23.9 Å². The van der Waals surface area contributed by atoms with Crippen LogP contribution >= 0.6 is 0 Å². The van der Waals surface area contributed by atoms with E-state index in [1.807, 2.05) is 37.4 Å². The summed E-state index contributed by atoms with van der Waals surface area (Å²) in [7, 11) is 1.91. The maximum atomic E-state index is 11.3. The summed E-state index contributed by atoms with van der Waals surface area (Å²) < 4.78 is 19.8. The van der Waals surface area contributed by atoms with Crippen LogP contribution in [0.15, 0.2) is 81.0 Å². The largest absolute Gasteiger partial charge is 0.462 e. The minimum atomic E-state index is -1.34. The third-order valence-corrected chi connectivity index (χ3v) is 3.81. The average molecular weight is 459 g/mol. The minimum Gasteiger partial charge on any atom is -0.462 e. The molecule has 0 aliphatic heterocycles. The standard InChI is InChI=1S/C17H20O8.C7H9N/c1-5-13(18)22-9-17(10-23-14(19)6-2,11-24-15(20)7-3)12-25-16(21)8-4;1-8-7-5-3-2-4-6-7/h5-8H,1-4,9-12H2;2-6,8H,1H3. The van der Waals surface area contributed by atoms with Gasteiger partial charge in [0.2, 0.25) is 0 Å². The molecule has 0 radical (unpaired) electrons. The Bertz CT molecular complexity index is 731. The molecule has 33 heavy (non-hydrogen) atoms. The van der Waals surface area contributed by atoms with E-state index in [4.69, 9.17) is 18.9 Å². The van der Waals surface area contributed by atoms with E-state index in [1.165, 1.54) is 0 Å². The van der Waals surface area contributed by atoms with Crippen LogP contribution in [0.3, 0.4) is 0 Å². The molecule has 0 aliphatic carbocycles. The molecule has 0 saturated heterocycles. The summed E-state index contributed by atoms with van der Waals surface area (Å²) in [6, 6.07) is 10.1. The quantitative estimate of drug-likeness (QED) is 0.270. The zero-order chi connectivity index (χ0) is 25.1. The van der Waals surface area contributed by atoms with E-state index in [-0.39, 0.29) is 26.4 Å². The molecule has 0 bridgehead atoms. The first-order valence-corrected chi connectivity index (χ1v) is 9.65. The van der Waals surface area contributed by atoms with Crippen LogP contribution in [-0.4, -0.2) is 57.4 Å². The third kappa shape index (κ3) is 13.0. The Kier molecular flexibility index (Phi) is 14.5. The Labute approximate surface area is 193 Å². The Hall–Kier alpha value is -4.14. The summed E-state index contributed by atoms with van der Waals surface area (Å²) in [5.41, 5.74) is -0.179. The van der Waals surface area contributed by atoms with E-state index in [1.54, 1.807) is 0 Å². The van der Waals surface area contributed by atoms with Crippen LogP contribution in [0.5, 0.6) is 0 Å². The van der Waals surface area contributed by atoms with Gasteiger partial charge in [0.05, 0.1) is 0 Å². The second kappa shape index (κ2) is 16.5. The zero-order valence-electron chi connectivity index (χ0n) is 18.6. The van der Waals surface area contributed by atoms with Gasteiger partial charge in [-0.25, -0.2) is 19.2 Å². The van der Waals surface area contributed by atoms with Gasteiger partial charge in [0.25, 0.3) is 0 Å². The maximum absolute atomic E-state index is 11.3. The lowest BCUT2D eigenvalue weighted by Gasteiger charge is -2.31. The van der Waals surface area contributed by atoms with E-state index in [9.17, 15) is 19.2 Å². The van der Waals surface area contributed by atoms with E-state index in [2.05, 4.69) is 31.6 Å². The first-order chi connectivity index (χ1) is 15.7. The molecular weight excluding hydrogens is 430 g/mol. The van der Waals surface area contributed by atoms with Crippen LogP contribution in [-0.2, 0) is 38.1 Å². The number of carbonyl (C=O) groups excluding carboxylic acids is 4. The summed E-state index contributed by atoms with van der Waals surface area (Å²) in [5, 5.41) is 3.03. The smallest absolute Gasteiger partial charge is 0.330 e. The van der Waals surface area contributed by atoms with Crippen molar-refractivity contribution in [1.29, 1.82) is 0 Å². The average Bonchev–Trinajstić information content (AvgIpc) is 2.87. The SMILES string of the molecule is C=CC(=O)OCC(COC(=O)C=C)(COC(=O)C=C)COC(=O)C=C.CNc1ccccc1. The highest BCUT2D eigenvalue weighted by Crippen LogP contribution is 2.21. The number of hydrogen-bond acceptors (Lipinski definition) is 9. The molecule has 0 atom stereocenters. The van der Waals surface area contributed by atoms with Gasteiger partial charge in [-0.15, -0.1) is 0 Å². The number of carbonyl (C=O) groups is 4. The molecule has 0 heterocycles. The second-order valence-corrected chi connectivity index (χ2v) is 6.36. The molecule has 0 saturated carbocycles. The van der Waals surface area contributed by atoms with Gasteiger partial charge in [-0.2, -0.15) is 0 Å². The number of ether oxygens (including phenoxy) is 4. The highest BCUT2D eigenvalue weighted by atomic mass is 16.6. The Morgan fingerprint density at radius 3 is 1.21 bits per heavy atom. The molecule has 1 aromatic carbocycles. The normalized spacial score (nSPS) is 9.61. The van der Waals surface area contributed by atoms with Crippen molar-refractivity contribution in [3.05, 3.63) is 81.0 Å². The molecule has 1 N–H and O–H groups in total. The van der Waals surface area contributed by atoms with Crippen molar-refractivity contribution in [2.24, 2.45) is 5.41 Å². The molecule has 0 aromatic heterocycles. The number of anilines is 1. The van der Waals surface area contributed by atoms with Gasteiger partial charge in [0.1, 0.15) is 31.8 Å². The van der Waals surface area contributed by atoms with Crippen molar-refractivity contribution in [1.82, 2.24) is 0 Å². The molecule has 1 aromatic rings. The number of nitrogens with one attached hydrogen (secondary N) is 1. The Balaban J connectivity index is 0.00000106. The van der Waals surface area contributed by atoms with Gasteiger partial charge < -0.3 is 24.3 Å². The number of para-hydroxylation sites is 1. The van der Waals surface area contributed by atoms with Crippen LogP contribution in [0.25, 0.3) is 0 Å². The van der Waals surface area contributed by atoms with Gasteiger partial charge in [-0.1, -0.05) is 44.5 Å². The monoisotopic (exact) mass is 459 g/mol. The molecule has 9 heteroatoms. The number of benzene rings is 1. The predicted octanol–water partition coefficient (Wildman–Crippen LogP) is 2.62. The first kappa shape index (κ1) is 28.9. The molecule has 1 rings (SSSR count). The number of esters is 4. The molecule has 0 fully saturated rings. The third-order valence-electron chi connectivity index (χ3n) is 3.81. The van der Waals surface area contributed by atoms with Crippen molar-refractivity contribution < 1.29 is 38.1 Å². The van der Waals surface area contributed by atoms with Crippen molar-refractivity contribution in [2.45, 2.75) is 0 Å². The maximum Gasteiger partial charge on any atom is 0.330 e. The van der Waals surface area contributed by atoms with Crippen molar-refractivity contribution in [3.63, 3.8) is 0 Å². The van der Waals surface area contributed by atoms with Crippen molar-refractivity contribution >= 4 is 29.6 Å². The molecular formula is C24H29NO8. The lowest BCUT2D eigenvalue weighted by atomic mass is 9.92. The summed E-state index contributed by atoms with van der Waals surface area (Å²) in [6.45, 7) is 11.5. The molecule has 9 nitrogen and oxygen atoms in total. The van der Waals surface area contributed by atoms with Gasteiger partial charge in [-0.3, -0.25) is 0 Å². The highest BCUT2D eigenvalue weighted by molar-refractivity contribution is 5.82. The fraction of sp³-hybridized carbons (Fsp3) is 0.250. The molecule has 0 unspecified atom stereocenters. The van der Waals surface area contributed by atoms with Gasteiger partial charge in [-0.05, 0) is 12.1 Å². The minimum absolute atomic E-state index is 0.378. The zero-order valence-corrected chi connectivity index (χ0v) is 18.6. The Morgan fingerprint density at radius 1 is 0.697 bits per heavy atom.